The summed E-state index contributed by atoms with van der Waals surface area (Å²) in [4.78, 5) is 25.0. The first-order chi connectivity index (χ1) is 9.32. The second-order valence-electron chi connectivity index (χ2n) is 5.98. The van der Waals surface area contributed by atoms with E-state index < -0.39 is 0 Å². The van der Waals surface area contributed by atoms with Gasteiger partial charge >= 0.3 is 0 Å². The summed E-state index contributed by atoms with van der Waals surface area (Å²) in [7, 11) is 1.52. The van der Waals surface area contributed by atoms with Crippen LogP contribution in [0.3, 0.4) is 0 Å². The molecule has 20 heavy (non-hydrogen) atoms. The fourth-order valence-electron chi connectivity index (χ4n) is 2.45. The molecule has 0 bridgehead atoms. The lowest BCUT2D eigenvalue weighted by Gasteiger charge is -2.27. The SMILES string of the molecule is CC(C)C(C)C(N)c1ccc2c(c1)C(=O)N(C)C(=O)C2. The zero-order chi connectivity index (χ0) is 15.0. The van der Waals surface area contributed by atoms with Crippen molar-refractivity contribution < 1.29 is 9.59 Å². The van der Waals surface area contributed by atoms with Gasteiger partial charge in [0, 0.05) is 18.7 Å². The van der Waals surface area contributed by atoms with Crippen molar-refractivity contribution in [1.29, 1.82) is 0 Å². The Morgan fingerprint density at radius 2 is 1.85 bits per heavy atom. The summed E-state index contributed by atoms with van der Waals surface area (Å²) in [5, 5.41) is 0. The number of fused-ring (bicyclic) bond motifs is 1. The van der Waals surface area contributed by atoms with E-state index in [9.17, 15) is 9.59 Å². The van der Waals surface area contributed by atoms with E-state index in [1.54, 1.807) is 0 Å². The molecule has 1 aliphatic heterocycles. The summed E-state index contributed by atoms with van der Waals surface area (Å²) in [6, 6.07) is 5.55. The van der Waals surface area contributed by atoms with Gasteiger partial charge in [0.15, 0.2) is 0 Å². The number of imide groups is 1. The second-order valence-corrected chi connectivity index (χ2v) is 5.98. The number of carbonyl (C=O) groups excluding carboxylic acids is 2. The van der Waals surface area contributed by atoms with Crippen LogP contribution < -0.4 is 5.73 Å². The van der Waals surface area contributed by atoms with Gasteiger partial charge in [0.2, 0.25) is 5.91 Å². The monoisotopic (exact) mass is 274 g/mol. The summed E-state index contributed by atoms with van der Waals surface area (Å²) in [6.45, 7) is 6.40. The normalized spacial score (nSPS) is 18.2. The van der Waals surface area contributed by atoms with Crippen LogP contribution in [0.2, 0.25) is 0 Å². The Kier molecular flexibility index (Phi) is 3.95. The van der Waals surface area contributed by atoms with Gasteiger partial charge in [-0.3, -0.25) is 14.5 Å². The Hall–Kier alpha value is -1.68. The van der Waals surface area contributed by atoms with Crippen LogP contribution in [0.15, 0.2) is 18.2 Å². The van der Waals surface area contributed by atoms with E-state index in [-0.39, 0.29) is 24.3 Å². The van der Waals surface area contributed by atoms with E-state index in [1.165, 1.54) is 11.9 Å². The molecule has 0 saturated heterocycles. The van der Waals surface area contributed by atoms with Crippen molar-refractivity contribution in [3.63, 3.8) is 0 Å². The number of nitrogens with two attached hydrogens (primary N) is 1. The summed E-state index contributed by atoms with van der Waals surface area (Å²) < 4.78 is 0. The summed E-state index contributed by atoms with van der Waals surface area (Å²) >= 11 is 0. The number of benzene rings is 1. The van der Waals surface area contributed by atoms with Crippen molar-refractivity contribution in [3.05, 3.63) is 34.9 Å². The molecule has 1 aromatic rings. The van der Waals surface area contributed by atoms with E-state index >= 15 is 0 Å². The Balaban J connectivity index is 2.37. The molecule has 2 N–H and O–H groups in total. The maximum atomic E-state index is 12.2. The molecular formula is C16H22N2O2. The van der Waals surface area contributed by atoms with Crippen LogP contribution in [0.1, 0.15) is 48.3 Å². The molecule has 2 rings (SSSR count). The molecule has 1 aliphatic rings. The van der Waals surface area contributed by atoms with Crippen molar-refractivity contribution in [2.24, 2.45) is 17.6 Å². The molecule has 2 unspecified atom stereocenters. The fraction of sp³-hybridized carbons (Fsp3) is 0.500. The average Bonchev–Trinajstić information content (AvgIpc) is 2.43. The first-order valence-corrected chi connectivity index (χ1v) is 7.02. The summed E-state index contributed by atoms with van der Waals surface area (Å²) in [5.41, 5.74) is 8.65. The third-order valence-electron chi connectivity index (χ3n) is 4.39. The van der Waals surface area contributed by atoms with E-state index in [2.05, 4.69) is 20.8 Å². The lowest BCUT2D eigenvalue weighted by Crippen LogP contribution is -2.39. The molecule has 1 aromatic carbocycles. The van der Waals surface area contributed by atoms with Gasteiger partial charge in [-0.15, -0.1) is 0 Å². The highest BCUT2D eigenvalue weighted by atomic mass is 16.2. The van der Waals surface area contributed by atoms with Gasteiger partial charge in [0.1, 0.15) is 0 Å². The Morgan fingerprint density at radius 3 is 2.45 bits per heavy atom. The highest BCUT2D eigenvalue weighted by Crippen LogP contribution is 2.28. The van der Waals surface area contributed by atoms with Crippen LogP contribution in [-0.4, -0.2) is 23.8 Å². The molecule has 0 radical (unpaired) electrons. The van der Waals surface area contributed by atoms with Crippen molar-refractivity contribution in [3.8, 4) is 0 Å². The highest BCUT2D eigenvalue weighted by Gasteiger charge is 2.29. The summed E-state index contributed by atoms with van der Waals surface area (Å²) in [6.07, 6.45) is 0.285. The number of likely N-dealkylation sites (N-methyl/N-ethyl adjacent to an activating group) is 1. The van der Waals surface area contributed by atoms with E-state index in [4.69, 9.17) is 5.73 Å². The zero-order valence-electron chi connectivity index (χ0n) is 12.5. The Labute approximate surface area is 119 Å². The maximum Gasteiger partial charge on any atom is 0.260 e. The number of hydrogen-bond acceptors (Lipinski definition) is 3. The molecule has 2 amide bonds. The van der Waals surface area contributed by atoms with E-state index in [0.717, 1.165) is 11.1 Å². The molecular weight excluding hydrogens is 252 g/mol. The molecule has 4 nitrogen and oxygen atoms in total. The number of carbonyl (C=O) groups is 2. The van der Waals surface area contributed by atoms with Crippen LogP contribution in [-0.2, 0) is 11.2 Å². The van der Waals surface area contributed by atoms with Gasteiger partial charge in [-0.25, -0.2) is 0 Å². The molecule has 0 spiro atoms. The van der Waals surface area contributed by atoms with Gasteiger partial charge in [-0.1, -0.05) is 32.9 Å². The Morgan fingerprint density at radius 1 is 1.20 bits per heavy atom. The second kappa shape index (κ2) is 5.37. The minimum atomic E-state index is -0.234. The largest absolute Gasteiger partial charge is 0.324 e. The van der Waals surface area contributed by atoms with Gasteiger partial charge < -0.3 is 5.73 Å². The smallest absolute Gasteiger partial charge is 0.260 e. The third kappa shape index (κ3) is 2.48. The lowest BCUT2D eigenvalue weighted by molar-refractivity contribution is -0.127. The van der Waals surface area contributed by atoms with Crippen LogP contribution in [0.25, 0.3) is 0 Å². The maximum absolute atomic E-state index is 12.2. The van der Waals surface area contributed by atoms with Crippen LogP contribution in [0, 0.1) is 11.8 Å². The molecule has 0 fully saturated rings. The van der Waals surface area contributed by atoms with Crippen LogP contribution in [0.4, 0.5) is 0 Å². The van der Waals surface area contributed by atoms with Crippen molar-refractivity contribution >= 4 is 11.8 Å². The first-order valence-electron chi connectivity index (χ1n) is 7.02. The standard InChI is InChI=1S/C16H22N2O2/c1-9(2)10(3)15(17)12-6-5-11-8-14(19)18(4)16(20)13(11)7-12/h5-7,9-10,15H,8,17H2,1-4H3. The Bertz CT molecular complexity index is 551. The lowest BCUT2D eigenvalue weighted by atomic mass is 9.85. The number of hydrogen-bond donors (Lipinski definition) is 1. The van der Waals surface area contributed by atoms with Crippen LogP contribution >= 0.6 is 0 Å². The minimum absolute atomic E-state index is 0.101. The third-order valence-corrected chi connectivity index (χ3v) is 4.39. The van der Waals surface area contributed by atoms with Gasteiger partial charge in [0.25, 0.3) is 5.91 Å². The molecule has 1 heterocycles. The topological polar surface area (TPSA) is 63.4 Å². The van der Waals surface area contributed by atoms with Crippen LogP contribution in [0.5, 0.6) is 0 Å². The van der Waals surface area contributed by atoms with E-state index in [0.29, 0.717) is 17.4 Å². The molecule has 108 valence electrons. The molecule has 4 heteroatoms. The predicted molar refractivity (Wildman–Crippen MR) is 78.2 cm³/mol. The van der Waals surface area contributed by atoms with Gasteiger partial charge in [-0.05, 0) is 29.0 Å². The van der Waals surface area contributed by atoms with E-state index in [1.807, 2.05) is 18.2 Å². The van der Waals surface area contributed by atoms with Crippen molar-refractivity contribution in [1.82, 2.24) is 4.90 Å². The summed E-state index contributed by atoms with van der Waals surface area (Å²) in [5.74, 6) is 0.407. The number of nitrogens with zero attached hydrogens (tertiary/aromatic N) is 1. The quantitative estimate of drug-likeness (QED) is 0.859. The van der Waals surface area contributed by atoms with Gasteiger partial charge in [-0.2, -0.15) is 0 Å². The minimum Gasteiger partial charge on any atom is -0.324 e. The first kappa shape index (κ1) is 14.7. The predicted octanol–water partition coefficient (Wildman–Crippen LogP) is 2.13. The highest BCUT2D eigenvalue weighted by molar-refractivity contribution is 6.09. The van der Waals surface area contributed by atoms with Gasteiger partial charge in [0.05, 0.1) is 6.42 Å². The molecule has 0 saturated carbocycles. The van der Waals surface area contributed by atoms with Crippen molar-refractivity contribution in [2.45, 2.75) is 33.2 Å². The molecule has 2 atom stereocenters. The zero-order valence-corrected chi connectivity index (χ0v) is 12.5. The molecule has 0 aliphatic carbocycles. The molecule has 0 aromatic heterocycles. The fourth-order valence-corrected chi connectivity index (χ4v) is 2.45. The van der Waals surface area contributed by atoms with Crippen molar-refractivity contribution in [2.75, 3.05) is 7.05 Å². The number of rotatable bonds is 3. The number of amides is 2. The average molecular weight is 274 g/mol.